The van der Waals surface area contributed by atoms with Crippen LogP contribution in [0.15, 0.2) is 42.5 Å². The molecule has 1 aromatic carbocycles. The van der Waals surface area contributed by atoms with Gasteiger partial charge in [0.05, 0.1) is 5.54 Å². The van der Waals surface area contributed by atoms with Gasteiger partial charge in [0.25, 0.3) is 5.91 Å². The van der Waals surface area contributed by atoms with Crippen molar-refractivity contribution >= 4 is 5.91 Å². The lowest BCUT2D eigenvalue weighted by molar-refractivity contribution is 0.0878. The Labute approximate surface area is 125 Å². The summed E-state index contributed by atoms with van der Waals surface area (Å²) in [7, 11) is 0. The second-order valence-corrected chi connectivity index (χ2v) is 5.88. The average Bonchev–Trinajstić information content (AvgIpc) is 2.97. The molecule has 1 unspecified atom stereocenters. The number of hydrogen-bond acceptors (Lipinski definition) is 2. The Balaban J connectivity index is 2.16. The minimum Gasteiger partial charge on any atom is -0.351 e. The SMILES string of the molecule is CC(C)C(C)(CN)NC(=O)c1ccc(-c2ccccc2)[nH]1. The van der Waals surface area contributed by atoms with Crippen molar-refractivity contribution in [1.29, 1.82) is 0 Å². The van der Waals surface area contributed by atoms with Gasteiger partial charge in [-0.25, -0.2) is 0 Å². The Morgan fingerprint density at radius 2 is 1.90 bits per heavy atom. The molecular weight excluding hydrogens is 262 g/mol. The highest BCUT2D eigenvalue weighted by molar-refractivity contribution is 5.93. The summed E-state index contributed by atoms with van der Waals surface area (Å²) in [6.45, 7) is 6.48. The Morgan fingerprint density at radius 1 is 1.24 bits per heavy atom. The number of carbonyl (C=O) groups excluding carboxylic acids is 1. The van der Waals surface area contributed by atoms with Crippen LogP contribution in [-0.4, -0.2) is 23.0 Å². The summed E-state index contributed by atoms with van der Waals surface area (Å²) in [5.41, 5.74) is 7.94. The first-order chi connectivity index (χ1) is 9.96. The van der Waals surface area contributed by atoms with Gasteiger partial charge in [0.15, 0.2) is 0 Å². The van der Waals surface area contributed by atoms with Crippen molar-refractivity contribution < 1.29 is 4.79 Å². The summed E-state index contributed by atoms with van der Waals surface area (Å²) in [5, 5.41) is 3.03. The first-order valence-corrected chi connectivity index (χ1v) is 7.23. The summed E-state index contributed by atoms with van der Waals surface area (Å²) in [6.07, 6.45) is 0. The average molecular weight is 285 g/mol. The van der Waals surface area contributed by atoms with Gasteiger partial charge in [-0.2, -0.15) is 0 Å². The molecule has 1 atom stereocenters. The molecule has 0 saturated heterocycles. The molecule has 1 heterocycles. The third-order valence-corrected chi connectivity index (χ3v) is 4.11. The molecule has 0 radical (unpaired) electrons. The van der Waals surface area contributed by atoms with Gasteiger partial charge in [0, 0.05) is 12.2 Å². The van der Waals surface area contributed by atoms with E-state index in [4.69, 9.17) is 5.73 Å². The topological polar surface area (TPSA) is 70.9 Å². The second kappa shape index (κ2) is 6.14. The molecule has 2 rings (SSSR count). The number of H-pyrrole nitrogens is 1. The van der Waals surface area contributed by atoms with Crippen LogP contribution >= 0.6 is 0 Å². The van der Waals surface area contributed by atoms with E-state index in [-0.39, 0.29) is 11.8 Å². The van der Waals surface area contributed by atoms with Crippen molar-refractivity contribution in [2.24, 2.45) is 11.7 Å². The van der Waals surface area contributed by atoms with Crippen LogP contribution in [0.5, 0.6) is 0 Å². The molecule has 4 heteroatoms. The monoisotopic (exact) mass is 285 g/mol. The van der Waals surface area contributed by atoms with Crippen molar-refractivity contribution in [3.8, 4) is 11.3 Å². The standard InChI is InChI=1S/C17H23N3O/c1-12(2)17(3,11-18)20-16(21)15-10-9-14(19-15)13-7-5-4-6-8-13/h4-10,12,19H,11,18H2,1-3H3,(H,20,21). The molecule has 4 N–H and O–H groups in total. The first-order valence-electron chi connectivity index (χ1n) is 7.23. The number of rotatable bonds is 5. The van der Waals surface area contributed by atoms with E-state index in [9.17, 15) is 4.79 Å². The quantitative estimate of drug-likeness (QED) is 0.790. The molecule has 0 saturated carbocycles. The lowest BCUT2D eigenvalue weighted by Crippen LogP contribution is -2.55. The number of carbonyl (C=O) groups is 1. The predicted octanol–water partition coefficient (Wildman–Crippen LogP) is 2.78. The van der Waals surface area contributed by atoms with E-state index in [1.165, 1.54) is 0 Å². The van der Waals surface area contributed by atoms with Gasteiger partial charge in [0.1, 0.15) is 5.69 Å². The Bertz CT molecular complexity index is 604. The van der Waals surface area contributed by atoms with E-state index in [0.717, 1.165) is 11.3 Å². The van der Waals surface area contributed by atoms with Crippen LogP contribution in [0.4, 0.5) is 0 Å². The van der Waals surface area contributed by atoms with Crippen LogP contribution < -0.4 is 11.1 Å². The van der Waals surface area contributed by atoms with E-state index < -0.39 is 5.54 Å². The van der Waals surface area contributed by atoms with Gasteiger partial charge in [-0.15, -0.1) is 0 Å². The van der Waals surface area contributed by atoms with Crippen LogP contribution in [0.3, 0.4) is 0 Å². The lowest BCUT2D eigenvalue weighted by Gasteiger charge is -2.33. The molecule has 2 aromatic rings. The van der Waals surface area contributed by atoms with E-state index in [1.54, 1.807) is 6.07 Å². The largest absolute Gasteiger partial charge is 0.351 e. The van der Waals surface area contributed by atoms with Crippen molar-refractivity contribution in [3.63, 3.8) is 0 Å². The molecule has 0 bridgehead atoms. The van der Waals surface area contributed by atoms with Gasteiger partial charge in [-0.1, -0.05) is 44.2 Å². The van der Waals surface area contributed by atoms with Gasteiger partial charge in [0.2, 0.25) is 0 Å². The van der Waals surface area contributed by atoms with Gasteiger partial charge in [-0.3, -0.25) is 4.79 Å². The zero-order valence-corrected chi connectivity index (χ0v) is 12.8. The van der Waals surface area contributed by atoms with Crippen LogP contribution in [0.25, 0.3) is 11.3 Å². The number of aromatic amines is 1. The van der Waals surface area contributed by atoms with Crippen LogP contribution in [0.2, 0.25) is 0 Å². The number of amides is 1. The summed E-state index contributed by atoms with van der Waals surface area (Å²) < 4.78 is 0. The number of aromatic nitrogens is 1. The molecule has 0 aliphatic rings. The Hall–Kier alpha value is -2.07. The fraction of sp³-hybridized carbons (Fsp3) is 0.353. The zero-order chi connectivity index (χ0) is 15.5. The summed E-state index contributed by atoms with van der Waals surface area (Å²) in [5.74, 6) is 0.133. The van der Waals surface area contributed by atoms with E-state index in [0.29, 0.717) is 12.2 Å². The summed E-state index contributed by atoms with van der Waals surface area (Å²) >= 11 is 0. The molecule has 112 valence electrons. The second-order valence-electron chi connectivity index (χ2n) is 5.88. The fourth-order valence-electron chi connectivity index (χ4n) is 2.07. The Morgan fingerprint density at radius 3 is 2.48 bits per heavy atom. The molecule has 0 fully saturated rings. The molecule has 1 aromatic heterocycles. The molecule has 0 aliphatic carbocycles. The highest BCUT2D eigenvalue weighted by atomic mass is 16.2. The van der Waals surface area contributed by atoms with Gasteiger partial charge in [-0.05, 0) is 30.5 Å². The van der Waals surface area contributed by atoms with E-state index in [2.05, 4.69) is 24.1 Å². The molecular formula is C17H23N3O. The summed E-state index contributed by atoms with van der Waals surface area (Å²) in [4.78, 5) is 15.5. The maximum absolute atomic E-state index is 12.4. The number of nitrogens with two attached hydrogens (primary N) is 1. The lowest BCUT2D eigenvalue weighted by atomic mass is 9.88. The zero-order valence-electron chi connectivity index (χ0n) is 12.8. The van der Waals surface area contributed by atoms with Crippen molar-refractivity contribution in [2.75, 3.05) is 6.54 Å². The summed E-state index contributed by atoms with van der Waals surface area (Å²) in [6, 6.07) is 13.6. The minimum absolute atomic E-state index is 0.126. The minimum atomic E-state index is -0.408. The molecule has 4 nitrogen and oxygen atoms in total. The molecule has 0 aliphatic heterocycles. The smallest absolute Gasteiger partial charge is 0.268 e. The molecule has 21 heavy (non-hydrogen) atoms. The molecule has 1 amide bonds. The van der Waals surface area contributed by atoms with Crippen LogP contribution in [0.1, 0.15) is 31.3 Å². The normalized spacial score (nSPS) is 14.0. The highest BCUT2D eigenvalue weighted by Crippen LogP contribution is 2.19. The Kier molecular flexibility index (Phi) is 4.48. The van der Waals surface area contributed by atoms with Crippen molar-refractivity contribution in [3.05, 3.63) is 48.2 Å². The van der Waals surface area contributed by atoms with Gasteiger partial charge < -0.3 is 16.0 Å². The fourth-order valence-corrected chi connectivity index (χ4v) is 2.07. The van der Waals surface area contributed by atoms with Gasteiger partial charge >= 0.3 is 0 Å². The molecule has 0 spiro atoms. The third-order valence-electron chi connectivity index (χ3n) is 4.11. The van der Waals surface area contributed by atoms with Crippen molar-refractivity contribution in [2.45, 2.75) is 26.3 Å². The maximum atomic E-state index is 12.4. The van der Waals surface area contributed by atoms with Crippen molar-refractivity contribution in [1.82, 2.24) is 10.3 Å². The van der Waals surface area contributed by atoms with Crippen LogP contribution in [-0.2, 0) is 0 Å². The predicted molar refractivity (Wildman–Crippen MR) is 86.0 cm³/mol. The van der Waals surface area contributed by atoms with E-state index >= 15 is 0 Å². The first kappa shape index (κ1) is 15.3. The van der Waals surface area contributed by atoms with Crippen LogP contribution in [0, 0.1) is 5.92 Å². The number of hydrogen-bond donors (Lipinski definition) is 3. The maximum Gasteiger partial charge on any atom is 0.268 e. The number of benzene rings is 1. The highest BCUT2D eigenvalue weighted by Gasteiger charge is 2.29. The van der Waals surface area contributed by atoms with E-state index in [1.807, 2.05) is 43.3 Å². The number of nitrogens with one attached hydrogen (secondary N) is 2. The third kappa shape index (κ3) is 3.34.